The van der Waals surface area contributed by atoms with Crippen LogP contribution >= 0.6 is 0 Å². The first-order chi connectivity index (χ1) is 6.65. The molecule has 0 aromatic heterocycles. The SMILES string of the molecule is C=Cc1cc(F)cc(CC(=O)NC)c1. The fourth-order valence-corrected chi connectivity index (χ4v) is 1.17. The number of amides is 1. The molecule has 74 valence electrons. The van der Waals surface area contributed by atoms with Gasteiger partial charge in [-0.2, -0.15) is 0 Å². The van der Waals surface area contributed by atoms with Crippen molar-refractivity contribution in [2.45, 2.75) is 6.42 Å². The van der Waals surface area contributed by atoms with E-state index in [1.54, 1.807) is 19.2 Å². The van der Waals surface area contributed by atoms with Gasteiger partial charge in [0.25, 0.3) is 0 Å². The Kier molecular flexibility index (Phi) is 3.40. The van der Waals surface area contributed by atoms with Gasteiger partial charge in [0.2, 0.25) is 5.91 Å². The van der Waals surface area contributed by atoms with E-state index in [4.69, 9.17) is 0 Å². The molecule has 0 bridgehead atoms. The van der Waals surface area contributed by atoms with Crippen LogP contribution in [-0.4, -0.2) is 13.0 Å². The van der Waals surface area contributed by atoms with Crippen molar-refractivity contribution >= 4 is 12.0 Å². The van der Waals surface area contributed by atoms with E-state index in [-0.39, 0.29) is 18.1 Å². The standard InChI is InChI=1S/C11H12FNO/c1-3-8-4-9(6-10(12)5-8)7-11(14)13-2/h3-6H,1,7H2,2H3,(H,13,14). The summed E-state index contributed by atoms with van der Waals surface area (Å²) < 4.78 is 13.0. The molecule has 1 N–H and O–H groups in total. The van der Waals surface area contributed by atoms with Crippen molar-refractivity contribution in [3.8, 4) is 0 Å². The van der Waals surface area contributed by atoms with Crippen molar-refractivity contribution in [1.29, 1.82) is 0 Å². The van der Waals surface area contributed by atoms with Crippen LogP contribution in [0.1, 0.15) is 11.1 Å². The molecule has 1 aromatic rings. The number of hydrogen-bond donors (Lipinski definition) is 1. The van der Waals surface area contributed by atoms with Crippen molar-refractivity contribution in [1.82, 2.24) is 5.32 Å². The third-order valence-electron chi connectivity index (χ3n) is 1.86. The summed E-state index contributed by atoms with van der Waals surface area (Å²) in [5.74, 6) is -0.480. The first-order valence-corrected chi connectivity index (χ1v) is 4.28. The quantitative estimate of drug-likeness (QED) is 0.778. The van der Waals surface area contributed by atoms with E-state index in [0.29, 0.717) is 11.1 Å². The fraction of sp³-hybridized carbons (Fsp3) is 0.182. The van der Waals surface area contributed by atoms with Gasteiger partial charge in [0.05, 0.1) is 6.42 Å². The van der Waals surface area contributed by atoms with Crippen LogP contribution in [0.5, 0.6) is 0 Å². The number of nitrogens with one attached hydrogen (secondary N) is 1. The first-order valence-electron chi connectivity index (χ1n) is 4.28. The van der Waals surface area contributed by atoms with Gasteiger partial charge in [0.15, 0.2) is 0 Å². The zero-order valence-corrected chi connectivity index (χ0v) is 8.01. The Balaban J connectivity index is 2.91. The van der Waals surface area contributed by atoms with Crippen molar-refractivity contribution in [2.24, 2.45) is 0 Å². The molecule has 0 atom stereocenters. The van der Waals surface area contributed by atoms with Gasteiger partial charge in [-0.15, -0.1) is 0 Å². The summed E-state index contributed by atoms with van der Waals surface area (Å²) in [6, 6.07) is 4.47. The van der Waals surface area contributed by atoms with Gasteiger partial charge in [0, 0.05) is 7.05 Å². The number of benzene rings is 1. The first kappa shape index (κ1) is 10.4. The molecule has 1 amide bonds. The normalized spacial score (nSPS) is 9.57. The van der Waals surface area contributed by atoms with Crippen molar-refractivity contribution in [2.75, 3.05) is 7.05 Å². The van der Waals surface area contributed by atoms with Gasteiger partial charge in [-0.1, -0.05) is 18.7 Å². The molecular weight excluding hydrogens is 181 g/mol. The lowest BCUT2D eigenvalue weighted by Crippen LogP contribution is -2.20. The third-order valence-corrected chi connectivity index (χ3v) is 1.86. The summed E-state index contributed by atoms with van der Waals surface area (Å²) >= 11 is 0. The highest BCUT2D eigenvalue weighted by molar-refractivity contribution is 5.78. The molecular formula is C11H12FNO. The van der Waals surface area contributed by atoms with E-state index in [9.17, 15) is 9.18 Å². The van der Waals surface area contributed by atoms with Gasteiger partial charge >= 0.3 is 0 Å². The second-order valence-corrected chi connectivity index (χ2v) is 2.95. The number of carbonyl (C=O) groups excluding carboxylic acids is 1. The van der Waals surface area contributed by atoms with Crippen LogP contribution in [0.15, 0.2) is 24.8 Å². The topological polar surface area (TPSA) is 29.1 Å². The summed E-state index contributed by atoms with van der Waals surface area (Å²) in [6.45, 7) is 3.55. The number of likely N-dealkylation sites (N-methyl/N-ethyl adjacent to an activating group) is 1. The Labute approximate surface area is 82.4 Å². The largest absolute Gasteiger partial charge is 0.359 e. The monoisotopic (exact) mass is 193 g/mol. The molecule has 0 saturated carbocycles. The van der Waals surface area contributed by atoms with Crippen LogP contribution in [0.3, 0.4) is 0 Å². The minimum atomic E-state index is -0.346. The predicted molar refractivity (Wildman–Crippen MR) is 54.3 cm³/mol. The Bertz CT molecular complexity index is 360. The molecule has 3 heteroatoms. The maximum atomic E-state index is 13.0. The van der Waals surface area contributed by atoms with Crippen LogP contribution < -0.4 is 5.32 Å². The smallest absolute Gasteiger partial charge is 0.224 e. The Hall–Kier alpha value is -1.64. The molecule has 0 radical (unpaired) electrons. The van der Waals surface area contributed by atoms with E-state index in [1.807, 2.05) is 0 Å². The molecule has 0 spiro atoms. The van der Waals surface area contributed by atoms with Crippen LogP contribution in [0.4, 0.5) is 4.39 Å². The molecule has 0 saturated heterocycles. The summed E-state index contributed by atoms with van der Waals surface area (Å²) in [7, 11) is 1.55. The predicted octanol–water partition coefficient (Wildman–Crippen LogP) is 1.76. The second kappa shape index (κ2) is 4.56. The average molecular weight is 193 g/mol. The van der Waals surface area contributed by atoms with Crippen LogP contribution in [0, 0.1) is 5.82 Å². The van der Waals surface area contributed by atoms with Crippen LogP contribution in [-0.2, 0) is 11.2 Å². The Morgan fingerprint density at radius 1 is 1.57 bits per heavy atom. The van der Waals surface area contributed by atoms with Gasteiger partial charge in [-0.05, 0) is 23.3 Å². The molecule has 0 heterocycles. The van der Waals surface area contributed by atoms with E-state index in [0.717, 1.165) is 0 Å². The van der Waals surface area contributed by atoms with Crippen LogP contribution in [0.25, 0.3) is 6.08 Å². The molecule has 0 aliphatic carbocycles. The molecule has 0 aliphatic rings. The lowest BCUT2D eigenvalue weighted by molar-refractivity contribution is -0.119. The average Bonchev–Trinajstić information content (AvgIpc) is 2.16. The summed E-state index contributed by atoms with van der Waals surface area (Å²) in [6.07, 6.45) is 1.74. The van der Waals surface area contributed by atoms with E-state index in [1.165, 1.54) is 12.1 Å². The Morgan fingerprint density at radius 2 is 2.29 bits per heavy atom. The lowest BCUT2D eigenvalue weighted by atomic mass is 10.1. The molecule has 2 nitrogen and oxygen atoms in total. The minimum absolute atomic E-state index is 0.134. The highest BCUT2D eigenvalue weighted by Crippen LogP contribution is 2.10. The van der Waals surface area contributed by atoms with Gasteiger partial charge in [-0.25, -0.2) is 4.39 Å². The number of rotatable bonds is 3. The molecule has 0 unspecified atom stereocenters. The maximum absolute atomic E-state index is 13.0. The highest BCUT2D eigenvalue weighted by Gasteiger charge is 2.03. The molecule has 14 heavy (non-hydrogen) atoms. The number of halogens is 1. The van der Waals surface area contributed by atoms with E-state index in [2.05, 4.69) is 11.9 Å². The zero-order chi connectivity index (χ0) is 10.6. The molecule has 0 fully saturated rings. The fourth-order valence-electron chi connectivity index (χ4n) is 1.17. The second-order valence-electron chi connectivity index (χ2n) is 2.95. The number of hydrogen-bond acceptors (Lipinski definition) is 1. The lowest BCUT2D eigenvalue weighted by Gasteiger charge is -2.02. The maximum Gasteiger partial charge on any atom is 0.224 e. The molecule has 1 aromatic carbocycles. The Morgan fingerprint density at radius 3 is 2.86 bits per heavy atom. The van der Waals surface area contributed by atoms with Crippen molar-refractivity contribution in [3.05, 3.63) is 41.7 Å². The minimum Gasteiger partial charge on any atom is -0.359 e. The summed E-state index contributed by atoms with van der Waals surface area (Å²) in [5.41, 5.74) is 1.34. The molecule has 0 aliphatic heterocycles. The van der Waals surface area contributed by atoms with E-state index >= 15 is 0 Å². The van der Waals surface area contributed by atoms with Gasteiger partial charge < -0.3 is 5.32 Å². The van der Waals surface area contributed by atoms with Crippen molar-refractivity contribution in [3.63, 3.8) is 0 Å². The third kappa shape index (κ3) is 2.69. The molecule has 1 rings (SSSR count). The van der Waals surface area contributed by atoms with E-state index < -0.39 is 0 Å². The number of carbonyl (C=O) groups is 1. The van der Waals surface area contributed by atoms with Crippen LogP contribution in [0.2, 0.25) is 0 Å². The van der Waals surface area contributed by atoms with Gasteiger partial charge in [-0.3, -0.25) is 4.79 Å². The summed E-state index contributed by atoms with van der Waals surface area (Å²) in [4.78, 5) is 11.0. The summed E-state index contributed by atoms with van der Waals surface area (Å²) in [5, 5.41) is 2.48. The van der Waals surface area contributed by atoms with Gasteiger partial charge in [0.1, 0.15) is 5.82 Å². The zero-order valence-electron chi connectivity index (χ0n) is 8.01. The highest BCUT2D eigenvalue weighted by atomic mass is 19.1. The van der Waals surface area contributed by atoms with Crippen molar-refractivity contribution < 1.29 is 9.18 Å².